The number of halogens is 2. The van der Waals surface area contributed by atoms with Crippen molar-refractivity contribution < 1.29 is 13.2 Å². The summed E-state index contributed by atoms with van der Waals surface area (Å²) in [6, 6.07) is 14.1. The lowest BCUT2D eigenvalue weighted by Gasteiger charge is -2.10. The molecule has 6 nitrogen and oxygen atoms in total. The van der Waals surface area contributed by atoms with Crippen LogP contribution in [-0.4, -0.2) is 25.1 Å². The third-order valence-corrected chi connectivity index (χ3v) is 6.13. The van der Waals surface area contributed by atoms with Gasteiger partial charge in [0.25, 0.3) is 11.5 Å². The van der Waals surface area contributed by atoms with Crippen molar-refractivity contribution in [3.63, 3.8) is 0 Å². The molecule has 3 aromatic rings. The SMILES string of the molecule is CS(=O)(=O)c1ccc(Cn2ccc(C(=O)NCc3ccc(Cl)cc3Cl)cc2=O)cc1. The lowest BCUT2D eigenvalue weighted by molar-refractivity contribution is 0.0950. The smallest absolute Gasteiger partial charge is 0.251 e. The van der Waals surface area contributed by atoms with E-state index in [2.05, 4.69) is 5.32 Å². The van der Waals surface area contributed by atoms with E-state index in [1.54, 1.807) is 36.4 Å². The lowest BCUT2D eigenvalue weighted by Crippen LogP contribution is -2.26. The number of aromatic nitrogens is 1. The van der Waals surface area contributed by atoms with Gasteiger partial charge in [0.05, 0.1) is 11.4 Å². The van der Waals surface area contributed by atoms with Gasteiger partial charge in [0.1, 0.15) is 0 Å². The second-order valence-electron chi connectivity index (χ2n) is 6.72. The summed E-state index contributed by atoms with van der Waals surface area (Å²) < 4.78 is 24.5. The first-order chi connectivity index (χ1) is 14.1. The Labute approximate surface area is 184 Å². The number of nitrogens with one attached hydrogen (secondary N) is 1. The molecular formula is C21H18Cl2N2O4S. The fraction of sp³-hybridized carbons (Fsp3) is 0.143. The van der Waals surface area contributed by atoms with E-state index < -0.39 is 15.7 Å². The molecule has 1 amide bonds. The fourth-order valence-electron chi connectivity index (χ4n) is 2.76. The molecule has 0 unspecified atom stereocenters. The summed E-state index contributed by atoms with van der Waals surface area (Å²) in [7, 11) is -3.27. The van der Waals surface area contributed by atoms with Crippen LogP contribution in [0.15, 0.2) is 70.5 Å². The highest BCUT2D eigenvalue weighted by Crippen LogP contribution is 2.20. The maximum atomic E-state index is 12.4. The molecule has 1 heterocycles. The summed E-state index contributed by atoms with van der Waals surface area (Å²) in [5.74, 6) is -0.400. The molecule has 0 aliphatic heterocycles. The maximum absolute atomic E-state index is 12.4. The van der Waals surface area contributed by atoms with Crippen LogP contribution in [0.2, 0.25) is 10.0 Å². The molecule has 0 saturated carbocycles. The number of carbonyl (C=O) groups is 1. The van der Waals surface area contributed by atoms with Crippen LogP contribution in [-0.2, 0) is 22.9 Å². The molecule has 9 heteroatoms. The van der Waals surface area contributed by atoms with Crippen LogP contribution in [0.1, 0.15) is 21.5 Å². The monoisotopic (exact) mass is 464 g/mol. The number of amides is 1. The maximum Gasteiger partial charge on any atom is 0.251 e. The van der Waals surface area contributed by atoms with Gasteiger partial charge >= 0.3 is 0 Å². The second-order valence-corrected chi connectivity index (χ2v) is 9.58. The average Bonchev–Trinajstić information content (AvgIpc) is 2.68. The van der Waals surface area contributed by atoms with Crippen LogP contribution in [0.5, 0.6) is 0 Å². The second kappa shape index (κ2) is 9.04. The van der Waals surface area contributed by atoms with Crippen LogP contribution < -0.4 is 10.9 Å². The first-order valence-electron chi connectivity index (χ1n) is 8.85. The molecule has 0 radical (unpaired) electrons. The Balaban J connectivity index is 1.68. The molecule has 0 spiro atoms. The van der Waals surface area contributed by atoms with E-state index in [1.807, 2.05) is 0 Å². The zero-order chi connectivity index (χ0) is 21.9. The van der Waals surface area contributed by atoms with Crippen molar-refractivity contribution in [2.24, 2.45) is 0 Å². The van der Waals surface area contributed by atoms with Gasteiger partial charge in [-0.2, -0.15) is 0 Å². The van der Waals surface area contributed by atoms with Crippen molar-refractivity contribution in [1.29, 1.82) is 0 Å². The third-order valence-electron chi connectivity index (χ3n) is 4.42. The van der Waals surface area contributed by atoms with E-state index >= 15 is 0 Å². The highest BCUT2D eigenvalue weighted by molar-refractivity contribution is 7.90. The van der Waals surface area contributed by atoms with Crippen LogP contribution in [0, 0.1) is 0 Å². The molecule has 1 N–H and O–H groups in total. The first-order valence-corrected chi connectivity index (χ1v) is 11.5. The van der Waals surface area contributed by atoms with E-state index in [0.717, 1.165) is 11.8 Å². The number of benzene rings is 2. The summed E-state index contributed by atoms with van der Waals surface area (Å²) >= 11 is 12.0. The summed E-state index contributed by atoms with van der Waals surface area (Å²) in [6.07, 6.45) is 2.66. The zero-order valence-corrected chi connectivity index (χ0v) is 18.3. The minimum Gasteiger partial charge on any atom is -0.348 e. The quantitative estimate of drug-likeness (QED) is 0.604. The van der Waals surface area contributed by atoms with Crippen molar-refractivity contribution in [3.8, 4) is 0 Å². The molecule has 1 aromatic heterocycles. The Bertz CT molecular complexity index is 1250. The third kappa shape index (κ3) is 5.50. The highest BCUT2D eigenvalue weighted by atomic mass is 35.5. The molecule has 156 valence electrons. The molecule has 0 fully saturated rings. The topological polar surface area (TPSA) is 85.2 Å². The largest absolute Gasteiger partial charge is 0.348 e. The Hall–Kier alpha value is -2.61. The molecule has 3 rings (SSSR count). The van der Waals surface area contributed by atoms with Crippen molar-refractivity contribution in [2.45, 2.75) is 18.0 Å². The Morgan fingerprint density at radius 3 is 2.33 bits per heavy atom. The number of rotatable bonds is 6. The molecule has 0 bridgehead atoms. The number of pyridine rings is 1. The van der Waals surface area contributed by atoms with E-state index in [0.29, 0.717) is 15.6 Å². The van der Waals surface area contributed by atoms with Gasteiger partial charge in [-0.25, -0.2) is 8.42 Å². The average molecular weight is 465 g/mol. The van der Waals surface area contributed by atoms with E-state index in [-0.39, 0.29) is 29.1 Å². The van der Waals surface area contributed by atoms with Gasteiger partial charge in [0.2, 0.25) is 0 Å². The van der Waals surface area contributed by atoms with Gasteiger partial charge in [-0.1, -0.05) is 41.4 Å². The number of nitrogens with zero attached hydrogens (tertiary/aromatic N) is 1. The number of sulfone groups is 1. The van der Waals surface area contributed by atoms with Gasteiger partial charge in [-0.05, 0) is 41.5 Å². The Morgan fingerprint density at radius 1 is 1.03 bits per heavy atom. The summed E-state index contributed by atoms with van der Waals surface area (Å²) in [4.78, 5) is 25.0. The first kappa shape index (κ1) is 22.1. The number of carbonyl (C=O) groups excluding carboxylic acids is 1. The summed E-state index contributed by atoms with van der Waals surface area (Å²) in [6.45, 7) is 0.454. The van der Waals surface area contributed by atoms with Crippen LogP contribution in [0.3, 0.4) is 0 Å². The van der Waals surface area contributed by atoms with Crippen molar-refractivity contribution in [3.05, 3.63) is 97.9 Å². The van der Waals surface area contributed by atoms with E-state index in [4.69, 9.17) is 23.2 Å². The predicted octanol–water partition coefficient (Wildman–Crippen LogP) is 3.54. The fourth-order valence-corrected chi connectivity index (χ4v) is 3.87. The normalized spacial score (nSPS) is 11.3. The van der Waals surface area contributed by atoms with Crippen LogP contribution in [0.4, 0.5) is 0 Å². The Morgan fingerprint density at radius 2 is 1.73 bits per heavy atom. The van der Waals surface area contributed by atoms with Gasteiger partial charge < -0.3 is 9.88 Å². The van der Waals surface area contributed by atoms with Gasteiger partial charge in [0.15, 0.2) is 9.84 Å². The van der Waals surface area contributed by atoms with Crippen molar-refractivity contribution in [1.82, 2.24) is 9.88 Å². The Kier molecular flexibility index (Phi) is 6.65. The lowest BCUT2D eigenvalue weighted by atomic mass is 10.2. The standard InChI is InChI=1S/C21H18Cl2N2O4S/c1-30(28,29)18-6-2-14(3-7-18)13-25-9-8-15(10-20(25)26)21(27)24-12-16-4-5-17(22)11-19(16)23/h2-11H,12-13H2,1H3,(H,24,27). The molecule has 2 aromatic carbocycles. The molecule has 0 atom stereocenters. The zero-order valence-electron chi connectivity index (χ0n) is 15.9. The molecule has 0 saturated heterocycles. The van der Waals surface area contributed by atoms with Gasteiger partial charge in [-0.15, -0.1) is 0 Å². The van der Waals surface area contributed by atoms with Crippen LogP contribution >= 0.6 is 23.2 Å². The molecule has 30 heavy (non-hydrogen) atoms. The van der Waals surface area contributed by atoms with Crippen molar-refractivity contribution >= 4 is 38.9 Å². The van der Waals surface area contributed by atoms with Gasteiger partial charge in [0, 0.05) is 40.7 Å². The number of hydrogen-bond acceptors (Lipinski definition) is 4. The minimum atomic E-state index is -3.27. The highest BCUT2D eigenvalue weighted by Gasteiger charge is 2.10. The molecular weight excluding hydrogens is 447 g/mol. The molecule has 0 aliphatic rings. The minimum absolute atomic E-state index is 0.199. The van der Waals surface area contributed by atoms with Crippen molar-refractivity contribution in [2.75, 3.05) is 6.26 Å². The molecule has 0 aliphatic carbocycles. The van der Waals surface area contributed by atoms with Gasteiger partial charge in [-0.3, -0.25) is 9.59 Å². The van der Waals surface area contributed by atoms with E-state index in [9.17, 15) is 18.0 Å². The summed E-state index contributed by atoms with van der Waals surface area (Å²) in [5.41, 5.74) is 1.35. The number of hydrogen-bond donors (Lipinski definition) is 1. The van der Waals surface area contributed by atoms with E-state index in [1.165, 1.54) is 29.0 Å². The van der Waals surface area contributed by atoms with Crippen LogP contribution in [0.25, 0.3) is 0 Å². The predicted molar refractivity (Wildman–Crippen MR) is 117 cm³/mol. The summed E-state index contributed by atoms with van der Waals surface area (Å²) in [5, 5.41) is 3.67.